The number of aryl methyl sites for hydroxylation is 4. The Morgan fingerprint density at radius 1 is 1.21 bits per heavy atom. The quantitative estimate of drug-likeness (QED) is 0.859. The van der Waals surface area contributed by atoms with Crippen LogP contribution in [0.5, 0.6) is 5.75 Å². The first-order valence-corrected chi connectivity index (χ1v) is 6.52. The molecule has 1 aromatic carbocycles. The monoisotopic (exact) mass is 259 g/mol. The molecule has 1 aromatic heterocycles. The summed E-state index contributed by atoms with van der Waals surface area (Å²) < 4.78 is 7.75. The molecule has 4 heteroatoms. The van der Waals surface area contributed by atoms with Gasteiger partial charge in [-0.25, -0.2) is 0 Å². The molecule has 0 amide bonds. The number of aromatic nitrogens is 2. The molecular weight excluding hydrogens is 238 g/mol. The number of benzene rings is 1. The third-order valence-electron chi connectivity index (χ3n) is 3.33. The van der Waals surface area contributed by atoms with Crippen LogP contribution in [-0.4, -0.2) is 9.78 Å². The molecule has 0 fully saturated rings. The van der Waals surface area contributed by atoms with Crippen molar-refractivity contribution >= 4 is 5.69 Å². The van der Waals surface area contributed by atoms with Gasteiger partial charge in [-0.1, -0.05) is 6.92 Å². The van der Waals surface area contributed by atoms with Crippen LogP contribution in [0.1, 0.15) is 29.4 Å². The van der Waals surface area contributed by atoms with Crippen LogP contribution < -0.4 is 10.5 Å². The van der Waals surface area contributed by atoms with Crippen LogP contribution in [0, 0.1) is 13.8 Å². The van der Waals surface area contributed by atoms with Gasteiger partial charge in [0.25, 0.3) is 0 Å². The third kappa shape index (κ3) is 2.89. The summed E-state index contributed by atoms with van der Waals surface area (Å²) in [7, 11) is 1.94. The van der Waals surface area contributed by atoms with Crippen molar-refractivity contribution in [2.75, 3.05) is 5.73 Å². The summed E-state index contributed by atoms with van der Waals surface area (Å²) >= 11 is 0. The number of nitrogen functional groups attached to an aromatic ring is 1. The Hall–Kier alpha value is -1.97. The highest BCUT2D eigenvalue weighted by atomic mass is 16.5. The van der Waals surface area contributed by atoms with E-state index in [2.05, 4.69) is 18.1 Å². The van der Waals surface area contributed by atoms with Crippen LogP contribution in [0.3, 0.4) is 0 Å². The Bertz CT molecular complexity index is 587. The lowest BCUT2D eigenvalue weighted by Gasteiger charge is -2.11. The molecule has 0 unspecified atom stereocenters. The Morgan fingerprint density at radius 3 is 2.58 bits per heavy atom. The predicted octanol–water partition coefficient (Wildman–Crippen LogP) is 2.76. The number of anilines is 1. The predicted molar refractivity (Wildman–Crippen MR) is 77.2 cm³/mol. The first kappa shape index (κ1) is 13.5. The first-order valence-electron chi connectivity index (χ1n) is 6.52. The van der Waals surface area contributed by atoms with Crippen molar-refractivity contribution in [3.63, 3.8) is 0 Å². The highest BCUT2D eigenvalue weighted by molar-refractivity contribution is 5.53. The van der Waals surface area contributed by atoms with Crippen LogP contribution >= 0.6 is 0 Å². The molecule has 0 aliphatic rings. The summed E-state index contributed by atoms with van der Waals surface area (Å²) in [6.45, 7) is 6.61. The minimum absolute atomic E-state index is 0.522. The van der Waals surface area contributed by atoms with E-state index in [9.17, 15) is 0 Å². The lowest BCUT2D eigenvalue weighted by Crippen LogP contribution is -2.04. The number of rotatable bonds is 4. The van der Waals surface area contributed by atoms with E-state index in [1.165, 1.54) is 0 Å². The van der Waals surface area contributed by atoms with E-state index in [4.69, 9.17) is 10.5 Å². The van der Waals surface area contributed by atoms with Gasteiger partial charge in [-0.05, 0) is 49.6 Å². The Morgan fingerprint density at radius 2 is 1.95 bits per heavy atom. The van der Waals surface area contributed by atoms with Gasteiger partial charge in [-0.3, -0.25) is 4.68 Å². The van der Waals surface area contributed by atoms with Gasteiger partial charge in [-0.2, -0.15) is 5.10 Å². The second-order valence-electron chi connectivity index (χ2n) is 4.87. The highest BCUT2D eigenvalue weighted by Crippen LogP contribution is 2.25. The minimum Gasteiger partial charge on any atom is -0.487 e. The molecule has 0 atom stereocenters. The smallest absolute Gasteiger partial charge is 0.130 e. The second-order valence-corrected chi connectivity index (χ2v) is 4.87. The summed E-state index contributed by atoms with van der Waals surface area (Å²) in [5.41, 5.74) is 10.9. The molecule has 0 saturated carbocycles. The van der Waals surface area contributed by atoms with Crippen molar-refractivity contribution in [3.05, 3.63) is 40.7 Å². The second kappa shape index (κ2) is 5.34. The lowest BCUT2D eigenvalue weighted by molar-refractivity contribution is 0.293. The number of hydrogen-bond donors (Lipinski definition) is 1. The zero-order valence-corrected chi connectivity index (χ0v) is 12.0. The van der Waals surface area contributed by atoms with Gasteiger partial charge < -0.3 is 10.5 Å². The van der Waals surface area contributed by atoms with Crippen LogP contribution in [-0.2, 0) is 20.1 Å². The maximum Gasteiger partial charge on any atom is 0.130 e. The molecule has 0 aliphatic heterocycles. The number of hydrogen-bond acceptors (Lipinski definition) is 3. The van der Waals surface area contributed by atoms with Crippen LogP contribution in [0.2, 0.25) is 0 Å². The highest BCUT2D eigenvalue weighted by Gasteiger charge is 2.07. The van der Waals surface area contributed by atoms with E-state index >= 15 is 0 Å². The molecule has 4 nitrogen and oxygen atoms in total. The van der Waals surface area contributed by atoms with Gasteiger partial charge in [0.05, 0.1) is 11.4 Å². The summed E-state index contributed by atoms with van der Waals surface area (Å²) in [6.07, 6.45) is 0.938. The molecule has 19 heavy (non-hydrogen) atoms. The zero-order valence-electron chi connectivity index (χ0n) is 12.0. The average Bonchev–Trinajstić information content (AvgIpc) is 2.73. The van der Waals surface area contributed by atoms with Crippen molar-refractivity contribution in [1.82, 2.24) is 9.78 Å². The zero-order chi connectivity index (χ0) is 14.0. The summed E-state index contributed by atoms with van der Waals surface area (Å²) in [5, 5.41) is 4.41. The van der Waals surface area contributed by atoms with E-state index in [0.29, 0.717) is 6.61 Å². The fourth-order valence-electron chi connectivity index (χ4n) is 2.00. The lowest BCUT2D eigenvalue weighted by atomic mass is 10.1. The van der Waals surface area contributed by atoms with Crippen molar-refractivity contribution in [1.29, 1.82) is 0 Å². The Kier molecular flexibility index (Phi) is 3.79. The van der Waals surface area contributed by atoms with E-state index in [0.717, 1.165) is 40.4 Å². The molecule has 2 rings (SSSR count). The number of ether oxygens (including phenoxy) is 1. The Labute approximate surface area is 114 Å². The molecule has 1 heterocycles. The molecule has 0 spiro atoms. The van der Waals surface area contributed by atoms with Crippen molar-refractivity contribution in [3.8, 4) is 5.75 Å². The number of nitrogens with two attached hydrogens (primary N) is 1. The van der Waals surface area contributed by atoms with Crippen LogP contribution in [0.4, 0.5) is 5.69 Å². The standard InChI is InChI=1S/C15H21N3O/c1-5-12-8-13(18(4)17-12)9-19-15-7-10(2)14(16)6-11(15)3/h6-8H,5,9,16H2,1-4H3. The van der Waals surface area contributed by atoms with Crippen molar-refractivity contribution in [2.24, 2.45) is 7.05 Å². The van der Waals surface area contributed by atoms with Crippen molar-refractivity contribution in [2.45, 2.75) is 33.8 Å². The van der Waals surface area contributed by atoms with Gasteiger partial charge >= 0.3 is 0 Å². The van der Waals surface area contributed by atoms with Gasteiger partial charge in [0.2, 0.25) is 0 Å². The van der Waals surface area contributed by atoms with E-state index in [1.807, 2.05) is 37.7 Å². The fraction of sp³-hybridized carbons (Fsp3) is 0.400. The molecule has 102 valence electrons. The number of nitrogens with zero attached hydrogens (tertiary/aromatic N) is 2. The molecule has 0 radical (unpaired) electrons. The molecule has 2 aromatic rings. The van der Waals surface area contributed by atoms with Gasteiger partial charge in [0.15, 0.2) is 0 Å². The maximum atomic E-state index is 5.88. The first-order chi connectivity index (χ1) is 9.01. The topological polar surface area (TPSA) is 53.1 Å². The molecular formula is C15H21N3O. The molecule has 0 saturated heterocycles. The van der Waals surface area contributed by atoms with Gasteiger partial charge in [-0.15, -0.1) is 0 Å². The van der Waals surface area contributed by atoms with Crippen molar-refractivity contribution < 1.29 is 4.74 Å². The maximum absolute atomic E-state index is 5.88. The van der Waals surface area contributed by atoms with E-state index in [1.54, 1.807) is 0 Å². The van der Waals surface area contributed by atoms with E-state index < -0.39 is 0 Å². The Balaban J connectivity index is 2.14. The molecule has 0 bridgehead atoms. The fourth-order valence-corrected chi connectivity index (χ4v) is 2.00. The largest absolute Gasteiger partial charge is 0.487 e. The van der Waals surface area contributed by atoms with Crippen LogP contribution in [0.25, 0.3) is 0 Å². The van der Waals surface area contributed by atoms with E-state index in [-0.39, 0.29) is 0 Å². The summed E-state index contributed by atoms with van der Waals surface area (Å²) in [4.78, 5) is 0. The van der Waals surface area contributed by atoms with Crippen LogP contribution in [0.15, 0.2) is 18.2 Å². The molecule has 2 N–H and O–H groups in total. The third-order valence-corrected chi connectivity index (χ3v) is 3.33. The molecule has 0 aliphatic carbocycles. The summed E-state index contributed by atoms with van der Waals surface area (Å²) in [6, 6.07) is 6.02. The minimum atomic E-state index is 0.522. The average molecular weight is 259 g/mol. The van der Waals surface area contributed by atoms with Gasteiger partial charge in [0.1, 0.15) is 12.4 Å². The SMILES string of the molecule is CCc1cc(COc2cc(C)c(N)cc2C)n(C)n1. The summed E-state index contributed by atoms with van der Waals surface area (Å²) in [5.74, 6) is 0.881. The van der Waals surface area contributed by atoms with Gasteiger partial charge in [0, 0.05) is 12.7 Å². The normalized spacial score (nSPS) is 10.7.